The zero-order chi connectivity index (χ0) is 16.0. The summed E-state index contributed by atoms with van der Waals surface area (Å²) in [5, 5.41) is 1.01. The molecule has 0 bridgehead atoms. The predicted molar refractivity (Wildman–Crippen MR) is 86.2 cm³/mol. The van der Waals surface area contributed by atoms with Crippen LogP contribution in [0.25, 0.3) is 10.9 Å². The van der Waals surface area contributed by atoms with E-state index in [2.05, 4.69) is 9.97 Å². The minimum atomic E-state index is -0.0608. The Morgan fingerprint density at radius 3 is 2.96 bits per heavy atom. The van der Waals surface area contributed by atoms with Crippen LogP contribution in [-0.2, 0) is 20.0 Å². The lowest BCUT2D eigenvalue weighted by molar-refractivity contribution is 0.0726. The van der Waals surface area contributed by atoms with Gasteiger partial charge in [0.1, 0.15) is 5.69 Å². The van der Waals surface area contributed by atoms with Crippen LogP contribution in [-0.4, -0.2) is 31.9 Å². The summed E-state index contributed by atoms with van der Waals surface area (Å²) >= 11 is 0. The maximum Gasteiger partial charge on any atom is 0.270 e. The van der Waals surface area contributed by atoms with Crippen molar-refractivity contribution in [1.82, 2.24) is 19.4 Å². The van der Waals surface area contributed by atoms with E-state index in [0.29, 0.717) is 30.9 Å². The Kier molecular flexibility index (Phi) is 3.04. The SMILES string of the molecule is Cn1cnc2c(c1=O)CCN(C(=O)c1cc3ccccc3[nH]1)C2. The van der Waals surface area contributed by atoms with Crippen LogP contribution < -0.4 is 5.56 Å². The molecule has 0 aliphatic carbocycles. The summed E-state index contributed by atoms with van der Waals surface area (Å²) in [4.78, 5) is 34.0. The molecule has 1 N–H and O–H groups in total. The van der Waals surface area contributed by atoms with Gasteiger partial charge >= 0.3 is 0 Å². The summed E-state index contributed by atoms with van der Waals surface area (Å²) in [7, 11) is 1.69. The maximum absolute atomic E-state index is 12.7. The highest BCUT2D eigenvalue weighted by molar-refractivity contribution is 5.98. The summed E-state index contributed by atoms with van der Waals surface area (Å²) in [6.45, 7) is 0.905. The third kappa shape index (κ3) is 2.23. The predicted octanol–water partition coefficient (Wildman–Crippen LogP) is 1.46. The first-order valence-electron chi connectivity index (χ1n) is 7.54. The summed E-state index contributed by atoms with van der Waals surface area (Å²) in [6.07, 6.45) is 2.06. The molecular weight excluding hydrogens is 292 g/mol. The number of rotatable bonds is 1. The van der Waals surface area contributed by atoms with Crippen molar-refractivity contribution in [2.45, 2.75) is 13.0 Å². The van der Waals surface area contributed by atoms with Gasteiger partial charge in [-0.25, -0.2) is 4.98 Å². The third-order valence-corrected chi connectivity index (χ3v) is 4.33. The van der Waals surface area contributed by atoms with E-state index in [1.807, 2.05) is 30.3 Å². The lowest BCUT2D eigenvalue weighted by Gasteiger charge is -2.27. The van der Waals surface area contributed by atoms with Crippen LogP contribution >= 0.6 is 0 Å². The Bertz CT molecular complexity index is 937. The molecule has 0 fully saturated rings. The molecule has 3 heterocycles. The van der Waals surface area contributed by atoms with Crippen molar-refractivity contribution in [2.75, 3.05) is 6.54 Å². The van der Waals surface area contributed by atoms with Crippen molar-refractivity contribution < 1.29 is 4.79 Å². The standard InChI is InChI=1S/C17H16N4O2/c1-20-10-18-15-9-21(7-6-12(15)16(20)22)17(23)14-8-11-4-2-3-5-13(11)19-14/h2-5,8,10,19H,6-7,9H2,1H3. The summed E-state index contributed by atoms with van der Waals surface area (Å²) < 4.78 is 1.48. The number of hydrogen-bond acceptors (Lipinski definition) is 3. The largest absolute Gasteiger partial charge is 0.351 e. The second kappa shape index (κ2) is 5.08. The summed E-state index contributed by atoms with van der Waals surface area (Å²) in [5.41, 5.74) is 2.91. The van der Waals surface area contributed by atoms with Gasteiger partial charge in [-0.3, -0.25) is 9.59 Å². The average molecular weight is 308 g/mol. The van der Waals surface area contributed by atoms with E-state index in [0.717, 1.165) is 16.5 Å². The fraction of sp³-hybridized carbons (Fsp3) is 0.235. The zero-order valence-electron chi connectivity index (χ0n) is 12.7. The van der Waals surface area contributed by atoms with Gasteiger partial charge in [-0.1, -0.05) is 18.2 Å². The molecule has 0 unspecified atom stereocenters. The number of aromatic amines is 1. The van der Waals surface area contributed by atoms with Crippen molar-refractivity contribution in [2.24, 2.45) is 7.05 Å². The van der Waals surface area contributed by atoms with Gasteiger partial charge in [0, 0.05) is 30.1 Å². The van der Waals surface area contributed by atoms with E-state index in [1.54, 1.807) is 11.9 Å². The van der Waals surface area contributed by atoms with Crippen LogP contribution in [0.15, 0.2) is 41.5 Å². The Hall–Kier alpha value is -2.89. The van der Waals surface area contributed by atoms with Gasteiger partial charge in [-0.05, 0) is 18.6 Å². The number of carbonyl (C=O) groups is 1. The molecule has 23 heavy (non-hydrogen) atoms. The highest BCUT2D eigenvalue weighted by atomic mass is 16.2. The molecule has 116 valence electrons. The summed E-state index contributed by atoms with van der Waals surface area (Å²) in [6, 6.07) is 9.66. The molecule has 0 saturated heterocycles. The molecule has 1 aromatic carbocycles. The highest BCUT2D eigenvalue weighted by Gasteiger charge is 2.25. The number of hydrogen-bond donors (Lipinski definition) is 1. The summed E-state index contributed by atoms with van der Waals surface area (Å²) in [5.74, 6) is -0.0608. The van der Waals surface area contributed by atoms with E-state index in [9.17, 15) is 9.59 Å². The fourth-order valence-electron chi connectivity index (χ4n) is 3.05. The van der Waals surface area contributed by atoms with Crippen LogP contribution in [0.3, 0.4) is 0 Å². The number of fused-ring (bicyclic) bond motifs is 2. The van der Waals surface area contributed by atoms with Gasteiger partial charge in [0.15, 0.2) is 0 Å². The molecule has 0 radical (unpaired) electrons. The number of carbonyl (C=O) groups excluding carboxylic acids is 1. The van der Waals surface area contributed by atoms with Crippen LogP contribution in [0.4, 0.5) is 0 Å². The number of H-pyrrole nitrogens is 1. The van der Waals surface area contributed by atoms with Crippen molar-refractivity contribution >= 4 is 16.8 Å². The number of amides is 1. The smallest absolute Gasteiger partial charge is 0.270 e. The second-order valence-corrected chi connectivity index (χ2v) is 5.83. The molecule has 6 nitrogen and oxygen atoms in total. The number of aryl methyl sites for hydroxylation is 1. The van der Waals surface area contributed by atoms with Gasteiger partial charge in [-0.2, -0.15) is 0 Å². The van der Waals surface area contributed by atoms with Crippen molar-refractivity contribution in [3.8, 4) is 0 Å². The molecule has 2 aromatic heterocycles. The lowest BCUT2D eigenvalue weighted by Crippen LogP contribution is -2.40. The van der Waals surface area contributed by atoms with Crippen LogP contribution in [0, 0.1) is 0 Å². The average Bonchev–Trinajstić information content (AvgIpc) is 3.01. The Labute approximate surface area is 132 Å². The van der Waals surface area contributed by atoms with Crippen molar-refractivity contribution in [1.29, 1.82) is 0 Å². The first-order valence-corrected chi connectivity index (χ1v) is 7.54. The Morgan fingerprint density at radius 2 is 2.13 bits per heavy atom. The van der Waals surface area contributed by atoms with E-state index >= 15 is 0 Å². The minimum Gasteiger partial charge on any atom is -0.351 e. The number of para-hydroxylation sites is 1. The highest BCUT2D eigenvalue weighted by Crippen LogP contribution is 2.19. The molecule has 6 heteroatoms. The quantitative estimate of drug-likeness (QED) is 0.740. The molecule has 4 rings (SSSR count). The normalized spacial score (nSPS) is 14.0. The number of nitrogens with one attached hydrogen (secondary N) is 1. The molecule has 3 aromatic rings. The number of nitrogens with zero attached hydrogens (tertiary/aromatic N) is 3. The van der Waals surface area contributed by atoms with Gasteiger partial charge in [0.25, 0.3) is 11.5 Å². The van der Waals surface area contributed by atoms with Crippen LogP contribution in [0.2, 0.25) is 0 Å². The number of aromatic nitrogens is 3. The molecule has 0 atom stereocenters. The topological polar surface area (TPSA) is 71.0 Å². The first-order chi connectivity index (χ1) is 11.1. The third-order valence-electron chi connectivity index (χ3n) is 4.33. The van der Waals surface area contributed by atoms with Gasteiger partial charge in [0.05, 0.1) is 18.6 Å². The second-order valence-electron chi connectivity index (χ2n) is 5.83. The zero-order valence-corrected chi connectivity index (χ0v) is 12.7. The Balaban J connectivity index is 1.65. The maximum atomic E-state index is 12.7. The molecule has 1 aliphatic heterocycles. The molecule has 0 saturated carbocycles. The monoisotopic (exact) mass is 308 g/mol. The van der Waals surface area contributed by atoms with E-state index < -0.39 is 0 Å². The van der Waals surface area contributed by atoms with Crippen molar-refractivity contribution in [3.05, 3.63) is 64.0 Å². The minimum absolute atomic E-state index is 0.0206. The lowest BCUT2D eigenvalue weighted by atomic mass is 10.1. The van der Waals surface area contributed by atoms with Crippen LogP contribution in [0.5, 0.6) is 0 Å². The van der Waals surface area contributed by atoms with Gasteiger partial charge < -0.3 is 14.5 Å². The number of benzene rings is 1. The Morgan fingerprint density at radius 1 is 1.30 bits per heavy atom. The van der Waals surface area contributed by atoms with E-state index in [4.69, 9.17) is 0 Å². The van der Waals surface area contributed by atoms with Gasteiger partial charge in [0.2, 0.25) is 0 Å². The van der Waals surface area contributed by atoms with Crippen LogP contribution in [0.1, 0.15) is 21.7 Å². The van der Waals surface area contributed by atoms with Gasteiger partial charge in [-0.15, -0.1) is 0 Å². The van der Waals surface area contributed by atoms with E-state index in [-0.39, 0.29) is 11.5 Å². The molecular formula is C17H16N4O2. The molecule has 1 aliphatic rings. The van der Waals surface area contributed by atoms with E-state index in [1.165, 1.54) is 10.9 Å². The first kappa shape index (κ1) is 13.8. The van der Waals surface area contributed by atoms with Crippen molar-refractivity contribution in [3.63, 3.8) is 0 Å². The molecule has 0 spiro atoms. The molecule has 1 amide bonds. The fourth-order valence-corrected chi connectivity index (χ4v) is 3.05.